The summed E-state index contributed by atoms with van der Waals surface area (Å²) in [7, 11) is 0. The zero-order valence-corrected chi connectivity index (χ0v) is 7.64. The number of aliphatic hydroxyl groups excluding tert-OH is 2. The standard InChI is InChI=1S/C11H11NO2/c13-6-8-1-4-11-9(5-8)2-3-10(7-14)12-11/h1-5,13-14H,6-7H2. The lowest BCUT2D eigenvalue weighted by Gasteiger charge is -2.01. The van der Waals surface area contributed by atoms with Gasteiger partial charge in [0, 0.05) is 5.39 Å². The minimum absolute atomic E-state index is 0.0394. The lowest BCUT2D eigenvalue weighted by Crippen LogP contribution is -1.90. The van der Waals surface area contributed by atoms with Gasteiger partial charge in [0.25, 0.3) is 0 Å². The van der Waals surface area contributed by atoms with E-state index < -0.39 is 0 Å². The highest BCUT2D eigenvalue weighted by molar-refractivity contribution is 5.79. The summed E-state index contributed by atoms with van der Waals surface area (Å²) in [6.45, 7) is -0.00458. The van der Waals surface area contributed by atoms with Crippen LogP contribution in [0, 0.1) is 0 Å². The predicted octanol–water partition coefficient (Wildman–Crippen LogP) is 1.22. The molecule has 14 heavy (non-hydrogen) atoms. The lowest BCUT2D eigenvalue weighted by atomic mass is 10.1. The molecule has 2 rings (SSSR count). The van der Waals surface area contributed by atoms with Gasteiger partial charge in [-0.15, -0.1) is 0 Å². The van der Waals surface area contributed by atoms with Crippen molar-refractivity contribution < 1.29 is 10.2 Å². The number of aliphatic hydroxyl groups is 2. The van der Waals surface area contributed by atoms with Crippen molar-refractivity contribution in [3.63, 3.8) is 0 Å². The summed E-state index contributed by atoms with van der Waals surface area (Å²) >= 11 is 0. The van der Waals surface area contributed by atoms with Gasteiger partial charge in [-0.25, -0.2) is 0 Å². The van der Waals surface area contributed by atoms with Gasteiger partial charge in [0.2, 0.25) is 0 Å². The third-order valence-corrected chi connectivity index (χ3v) is 2.16. The Bertz CT molecular complexity index is 411. The summed E-state index contributed by atoms with van der Waals surface area (Å²) in [6, 6.07) is 9.25. The van der Waals surface area contributed by atoms with Crippen LogP contribution < -0.4 is 0 Å². The molecule has 0 bridgehead atoms. The molecule has 0 saturated carbocycles. The van der Waals surface area contributed by atoms with E-state index in [1.54, 1.807) is 6.07 Å². The Morgan fingerprint density at radius 3 is 2.57 bits per heavy atom. The molecule has 0 unspecified atom stereocenters. The predicted molar refractivity (Wildman–Crippen MR) is 53.6 cm³/mol. The first-order valence-corrected chi connectivity index (χ1v) is 4.44. The first-order chi connectivity index (χ1) is 6.83. The van der Waals surface area contributed by atoms with Crippen LogP contribution in [0.15, 0.2) is 30.3 Å². The van der Waals surface area contributed by atoms with Gasteiger partial charge in [-0.1, -0.05) is 12.1 Å². The Morgan fingerprint density at radius 1 is 1.00 bits per heavy atom. The molecule has 0 saturated heterocycles. The molecule has 72 valence electrons. The molecule has 0 aliphatic rings. The van der Waals surface area contributed by atoms with Crippen LogP contribution in [0.5, 0.6) is 0 Å². The largest absolute Gasteiger partial charge is 0.392 e. The maximum Gasteiger partial charge on any atom is 0.0853 e. The van der Waals surface area contributed by atoms with Crippen LogP contribution in [0.1, 0.15) is 11.3 Å². The number of pyridine rings is 1. The summed E-state index contributed by atoms with van der Waals surface area (Å²) in [6.07, 6.45) is 0. The van der Waals surface area contributed by atoms with Crippen molar-refractivity contribution in [1.82, 2.24) is 4.98 Å². The van der Waals surface area contributed by atoms with Gasteiger partial charge in [-0.3, -0.25) is 4.98 Å². The first-order valence-electron chi connectivity index (χ1n) is 4.44. The van der Waals surface area contributed by atoms with Gasteiger partial charge in [-0.05, 0) is 23.8 Å². The first kappa shape index (κ1) is 9.12. The van der Waals surface area contributed by atoms with Crippen LogP contribution in [0.25, 0.3) is 10.9 Å². The smallest absolute Gasteiger partial charge is 0.0853 e. The highest BCUT2D eigenvalue weighted by Crippen LogP contribution is 2.14. The second-order valence-corrected chi connectivity index (χ2v) is 3.15. The van der Waals surface area contributed by atoms with E-state index in [1.807, 2.05) is 24.3 Å². The number of fused-ring (bicyclic) bond motifs is 1. The van der Waals surface area contributed by atoms with E-state index in [1.165, 1.54) is 0 Å². The van der Waals surface area contributed by atoms with Crippen LogP contribution in [-0.2, 0) is 13.2 Å². The number of aromatic nitrogens is 1. The van der Waals surface area contributed by atoms with Crippen LogP contribution in [0.2, 0.25) is 0 Å². The summed E-state index contributed by atoms with van der Waals surface area (Å²) in [4.78, 5) is 4.24. The van der Waals surface area contributed by atoms with E-state index in [0.717, 1.165) is 16.5 Å². The maximum atomic E-state index is 8.94. The van der Waals surface area contributed by atoms with Crippen molar-refractivity contribution in [3.8, 4) is 0 Å². The monoisotopic (exact) mass is 189 g/mol. The van der Waals surface area contributed by atoms with Crippen LogP contribution >= 0.6 is 0 Å². The Labute approximate surface area is 81.7 Å². The molecule has 0 fully saturated rings. The van der Waals surface area contributed by atoms with Crippen molar-refractivity contribution in [2.24, 2.45) is 0 Å². The molecule has 0 amide bonds. The average Bonchev–Trinajstić information content (AvgIpc) is 2.27. The average molecular weight is 189 g/mol. The third-order valence-electron chi connectivity index (χ3n) is 2.16. The van der Waals surface area contributed by atoms with Gasteiger partial charge in [-0.2, -0.15) is 0 Å². The second kappa shape index (κ2) is 3.74. The second-order valence-electron chi connectivity index (χ2n) is 3.15. The molecular weight excluding hydrogens is 178 g/mol. The van der Waals surface area contributed by atoms with E-state index in [9.17, 15) is 0 Å². The molecule has 0 atom stereocenters. The van der Waals surface area contributed by atoms with Crippen molar-refractivity contribution in [1.29, 1.82) is 0 Å². The van der Waals surface area contributed by atoms with Gasteiger partial charge < -0.3 is 10.2 Å². The molecule has 1 aromatic carbocycles. The topological polar surface area (TPSA) is 53.4 Å². The molecule has 0 aliphatic carbocycles. The summed E-state index contributed by atoms with van der Waals surface area (Å²) in [5.74, 6) is 0. The minimum atomic E-state index is -0.0440. The normalized spacial score (nSPS) is 10.7. The number of hydrogen-bond acceptors (Lipinski definition) is 3. The summed E-state index contributed by atoms with van der Waals surface area (Å²) < 4.78 is 0. The number of rotatable bonds is 2. The quantitative estimate of drug-likeness (QED) is 0.746. The van der Waals surface area contributed by atoms with E-state index in [0.29, 0.717) is 5.69 Å². The Balaban J connectivity index is 2.57. The minimum Gasteiger partial charge on any atom is -0.392 e. The number of nitrogens with zero attached hydrogens (tertiary/aromatic N) is 1. The van der Waals surface area contributed by atoms with Crippen molar-refractivity contribution >= 4 is 10.9 Å². The van der Waals surface area contributed by atoms with Crippen LogP contribution in [0.3, 0.4) is 0 Å². The number of hydrogen-bond donors (Lipinski definition) is 2. The third kappa shape index (κ3) is 1.60. The van der Waals surface area contributed by atoms with E-state index in [4.69, 9.17) is 10.2 Å². The molecule has 2 N–H and O–H groups in total. The molecule has 1 heterocycles. The molecule has 3 heteroatoms. The fraction of sp³-hybridized carbons (Fsp3) is 0.182. The van der Waals surface area contributed by atoms with Crippen LogP contribution in [0.4, 0.5) is 0 Å². The van der Waals surface area contributed by atoms with Gasteiger partial charge >= 0.3 is 0 Å². The highest BCUT2D eigenvalue weighted by atomic mass is 16.3. The molecule has 0 spiro atoms. The lowest BCUT2D eigenvalue weighted by molar-refractivity contribution is 0.277. The fourth-order valence-electron chi connectivity index (χ4n) is 1.40. The fourth-order valence-corrected chi connectivity index (χ4v) is 1.40. The van der Waals surface area contributed by atoms with Gasteiger partial charge in [0.15, 0.2) is 0 Å². The van der Waals surface area contributed by atoms with Crippen LogP contribution in [-0.4, -0.2) is 15.2 Å². The van der Waals surface area contributed by atoms with Crippen molar-refractivity contribution in [2.75, 3.05) is 0 Å². The zero-order chi connectivity index (χ0) is 9.97. The van der Waals surface area contributed by atoms with Gasteiger partial charge in [0.05, 0.1) is 24.4 Å². The number of benzene rings is 1. The maximum absolute atomic E-state index is 8.94. The Morgan fingerprint density at radius 2 is 1.86 bits per heavy atom. The Kier molecular flexibility index (Phi) is 2.43. The van der Waals surface area contributed by atoms with Crippen molar-refractivity contribution in [2.45, 2.75) is 13.2 Å². The zero-order valence-electron chi connectivity index (χ0n) is 7.64. The molecule has 2 aromatic rings. The van der Waals surface area contributed by atoms with E-state index >= 15 is 0 Å². The van der Waals surface area contributed by atoms with Crippen molar-refractivity contribution in [3.05, 3.63) is 41.6 Å². The summed E-state index contributed by atoms with van der Waals surface area (Å²) in [5, 5.41) is 18.8. The van der Waals surface area contributed by atoms with Gasteiger partial charge in [0.1, 0.15) is 0 Å². The molecule has 3 nitrogen and oxygen atoms in total. The molecule has 0 aliphatic heterocycles. The van der Waals surface area contributed by atoms with E-state index in [2.05, 4.69) is 4.98 Å². The SMILES string of the molecule is OCc1ccc2nc(CO)ccc2c1. The molecule has 1 aromatic heterocycles. The van der Waals surface area contributed by atoms with E-state index in [-0.39, 0.29) is 13.2 Å². The molecular formula is C11H11NO2. The molecule has 0 radical (unpaired) electrons. The highest BCUT2D eigenvalue weighted by Gasteiger charge is 1.98. The summed E-state index contributed by atoms with van der Waals surface area (Å²) in [5.41, 5.74) is 2.37. The Hall–Kier alpha value is -1.45.